The third kappa shape index (κ3) is 5.01. The van der Waals surface area contributed by atoms with Crippen LogP contribution in [0.5, 0.6) is 0 Å². The quantitative estimate of drug-likeness (QED) is 0.466. The fraction of sp³-hybridized carbons (Fsp3) is 0.391. The van der Waals surface area contributed by atoms with Crippen LogP contribution in [0, 0.1) is 0 Å². The van der Waals surface area contributed by atoms with Crippen molar-refractivity contribution in [3.8, 4) is 0 Å². The summed E-state index contributed by atoms with van der Waals surface area (Å²) in [4.78, 5) is 20.2. The molecule has 1 fully saturated rings. The average Bonchev–Trinajstić information content (AvgIpc) is 3.44. The molecule has 2 heterocycles. The Balaban J connectivity index is 1.60. The summed E-state index contributed by atoms with van der Waals surface area (Å²) in [6.07, 6.45) is 4.04. The lowest BCUT2D eigenvalue weighted by Crippen LogP contribution is -2.41. The van der Waals surface area contributed by atoms with Crippen molar-refractivity contribution in [1.82, 2.24) is 14.5 Å². The van der Waals surface area contributed by atoms with Gasteiger partial charge in [-0.1, -0.05) is 43.5 Å². The Morgan fingerprint density at radius 3 is 2.61 bits per heavy atom. The smallest absolute Gasteiger partial charge is 0.329 e. The fourth-order valence-corrected chi connectivity index (χ4v) is 4.89. The summed E-state index contributed by atoms with van der Waals surface area (Å²) >= 11 is 1.40. The lowest BCUT2D eigenvalue weighted by molar-refractivity contribution is -0.138. The van der Waals surface area contributed by atoms with E-state index in [9.17, 15) is 18.0 Å². The summed E-state index contributed by atoms with van der Waals surface area (Å²) < 4.78 is 42.0. The van der Waals surface area contributed by atoms with Crippen LogP contribution in [-0.2, 0) is 19.3 Å². The maximum Gasteiger partial charge on any atom is 0.416 e. The van der Waals surface area contributed by atoms with Crippen molar-refractivity contribution >= 4 is 17.2 Å². The van der Waals surface area contributed by atoms with E-state index in [4.69, 9.17) is 0 Å². The molecule has 8 heteroatoms. The van der Waals surface area contributed by atoms with Crippen LogP contribution in [-0.4, -0.2) is 26.4 Å². The third-order valence-corrected chi connectivity index (χ3v) is 6.64. The van der Waals surface area contributed by atoms with Gasteiger partial charge in [-0.15, -0.1) is 11.3 Å². The van der Waals surface area contributed by atoms with Crippen LogP contribution in [0.4, 0.5) is 13.2 Å². The van der Waals surface area contributed by atoms with Crippen molar-refractivity contribution in [3.63, 3.8) is 0 Å². The molecule has 1 amide bonds. The van der Waals surface area contributed by atoms with Gasteiger partial charge in [-0.2, -0.15) is 13.2 Å². The van der Waals surface area contributed by atoms with Crippen LogP contribution >= 0.6 is 11.3 Å². The van der Waals surface area contributed by atoms with E-state index in [0.29, 0.717) is 10.7 Å². The summed E-state index contributed by atoms with van der Waals surface area (Å²) in [5, 5.41) is 1.88. The van der Waals surface area contributed by atoms with Crippen LogP contribution < -0.4 is 0 Å². The Morgan fingerprint density at radius 1 is 1.13 bits per heavy atom. The molecule has 164 valence electrons. The number of aromatic nitrogens is 2. The molecule has 0 unspecified atom stereocenters. The highest BCUT2D eigenvalue weighted by atomic mass is 32.1. The lowest BCUT2D eigenvalue weighted by atomic mass is 9.94. The summed E-state index contributed by atoms with van der Waals surface area (Å²) in [7, 11) is 0. The number of amides is 1. The van der Waals surface area contributed by atoms with Crippen molar-refractivity contribution in [3.05, 3.63) is 76.0 Å². The number of nitrogens with zero attached hydrogens (tertiary/aromatic N) is 3. The van der Waals surface area contributed by atoms with Crippen molar-refractivity contribution in [2.24, 2.45) is 0 Å². The molecule has 0 aliphatic heterocycles. The summed E-state index contributed by atoms with van der Waals surface area (Å²) in [6, 6.07) is 9.38. The minimum absolute atomic E-state index is 0.0351. The van der Waals surface area contributed by atoms with Gasteiger partial charge in [-0.3, -0.25) is 4.79 Å². The molecule has 1 aliphatic carbocycles. The van der Waals surface area contributed by atoms with Gasteiger partial charge in [0.05, 0.1) is 17.0 Å². The number of imidazole rings is 1. The monoisotopic (exact) mass is 447 g/mol. The van der Waals surface area contributed by atoms with Gasteiger partial charge in [0.15, 0.2) is 0 Å². The molecule has 0 radical (unpaired) electrons. The standard InChI is InChI=1S/C23H24F3N3OS/c24-23(25,26)19-10-5-4-7-17(19)15-28-13-12-27-21(28)16-29(18-8-2-1-3-9-18)22(30)20-11-6-14-31-20/h4-7,10-14,18H,1-3,8-9,15-16H2. The molecule has 1 saturated carbocycles. The first kappa shape index (κ1) is 21.6. The second-order valence-corrected chi connectivity index (χ2v) is 8.78. The van der Waals surface area contributed by atoms with Gasteiger partial charge >= 0.3 is 6.18 Å². The Morgan fingerprint density at radius 2 is 1.90 bits per heavy atom. The van der Waals surface area contributed by atoms with Crippen molar-refractivity contribution in [2.45, 2.75) is 57.4 Å². The van der Waals surface area contributed by atoms with Gasteiger partial charge in [0.2, 0.25) is 0 Å². The van der Waals surface area contributed by atoms with Gasteiger partial charge in [0.1, 0.15) is 5.82 Å². The van der Waals surface area contributed by atoms with Crippen LogP contribution in [0.15, 0.2) is 54.2 Å². The van der Waals surface area contributed by atoms with Gasteiger partial charge in [-0.25, -0.2) is 4.98 Å². The topological polar surface area (TPSA) is 38.1 Å². The van der Waals surface area contributed by atoms with E-state index in [1.54, 1.807) is 23.0 Å². The third-order valence-electron chi connectivity index (χ3n) is 5.79. The van der Waals surface area contributed by atoms with Crippen molar-refractivity contribution in [1.29, 1.82) is 0 Å². The maximum atomic E-state index is 13.4. The molecular formula is C23H24F3N3OS. The van der Waals surface area contributed by atoms with Crippen LogP contribution in [0.25, 0.3) is 0 Å². The predicted octanol–water partition coefficient (Wildman–Crippen LogP) is 5.99. The molecule has 4 rings (SSSR count). The highest BCUT2D eigenvalue weighted by Crippen LogP contribution is 2.32. The van der Waals surface area contributed by atoms with Crippen LogP contribution in [0.3, 0.4) is 0 Å². The van der Waals surface area contributed by atoms with Crippen molar-refractivity contribution < 1.29 is 18.0 Å². The zero-order valence-corrected chi connectivity index (χ0v) is 17.8. The molecule has 2 aromatic heterocycles. The molecular weight excluding hydrogens is 423 g/mol. The molecule has 0 saturated heterocycles. The molecule has 1 aromatic carbocycles. The second kappa shape index (κ2) is 9.26. The molecule has 31 heavy (non-hydrogen) atoms. The van der Waals surface area contributed by atoms with E-state index in [1.807, 2.05) is 22.4 Å². The maximum absolute atomic E-state index is 13.4. The van der Waals surface area contributed by atoms with Crippen molar-refractivity contribution in [2.75, 3.05) is 0 Å². The zero-order valence-electron chi connectivity index (χ0n) is 17.0. The number of halogens is 3. The number of thiophene rings is 1. The van der Waals surface area contributed by atoms with Crippen LogP contribution in [0.1, 0.15) is 58.7 Å². The van der Waals surface area contributed by atoms with E-state index in [1.165, 1.54) is 29.9 Å². The normalized spacial score (nSPS) is 15.2. The Bertz CT molecular complexity index is 1010. The Kier molecular flexibility index (Phi) is 6.46. The Labute approximate surface area is 183 Å². The van der Waals surface area contributed by atoms with Gasteiger partial charge < -0.3 is 9.47 Å². The highest BCUT2D eigenvalue weighted by molar-refractivity contribution is 7.12. The molecule has 0 bridgehead atoms. The molecule has 0 atom stereocenters. The van der Waals surface area contributed by atoms with E-state index in [2.05, 4.69) is 4.98 Å². The van der Waals surface area contributed by atoms with Gasteiger partial charge in [-0.05, 0) is 35.9 Å². The van der Waals surface area contributed by atoms with Crippen LogP contribution in [0.2, 0.25) is 0 Å². The molecule has 4 nitrogen and oxygen atoms in total. The van der Waals surface area contributed by atoms with E-state index in [-0.39, 0.29) is 30.6 Å². The molecule has 0 spiro atoms. The van der Waals surface area contributed by atoms with Gasteiger partial charge in [0, 0.05) is 25.0 Å². The SMILES string of the molecule is O=C(c1cccs1)N(Cc1nccn1Cc1ccccc1C(F)(F)F)C1CCCCC1. The van der Waals surface area contributed by atoms with E-state index < -0.39 is 11.7 Å². The molecule has 0 N–H and O–H groups in total. The first-order chi connectivity index (χ1) is 14.9. The summed E-state index contributed by atoms with van der Waals surface area (Å²) in [5.41, 5.74) is -0.462. The number of carbonyl (C=O) groups excluding carboxylic acids is 1. The number of benzene rings is 1. The largest absolute Gasteiger partial charge is 0.416 e. The van der Waals surface area contributed by atoms with E-state index >= 15 is 0 Å². The minimum Gasteiger partial charge on any atom is -0.329 e. The molecule has 1 aliphatic rings. The minimum atomic E-state index is -4.42. The van der Waals surface area contributed by atoms with E-state index in [0.717, 1.165) is 31.7 Å². The zero-order chi connectivity index (χ0) is 21.8. The first-order valence-electron chi connectivity index (χ1n) is 10.4. The Hall–Kier alpha value is -2.61. The average molecular weight is 448 g/mol. The number of carbonyl (C=O) groups is 1. The predicted molar refractivity (Wildman–Crippen MR) is 114 cm³/mol. The summed E-state index contributed by atoms with van der Waals surface area (Å²) in [5.74, 6) is 0.555. The fourth-order valence-electron chi connectivity index (χ4n) is 4.21. The summed E-state index contributed by atoms with van der Waals surface area (Å²) in [6.45, 7) is 0.333. The lowest BCUT2D eigenvalue weighted by Gasteiger charge is -2.34. The van der Waals surface area contributed by atoms with Gasteiger partial charge in [0.25, 0.3) is 5.91 Å². The number of alkyl halides is 3. The first-order valence-corrected chi connectivity index (χ1v) is 11.3. The second-order valence-electron chi connectivity index (χ2n) is 7.83. The molecule has 3 aromatic rings. The number of hydrogen-bond acceptors (Lipinski definition) is 3. The highest BCUT2D eigenvalue weighted by Gasteiger charge is 2.33. The number of hydrogen-bond donors (Lipinski definition) is 0. The number of rotatable bonds is 6.